The number of nitrogens with zero attached hydrogens (tertiary/aromatic N) is 5. The molecule has 1 aromatic carbocycles. The number of urea groups is 1. The molecule has 2 heterocycles. The Morgan fingerprint density at radius 1 is 1.24 bits per heavy atom. The van der Waals surface area contributed by atoms with Gasteiger partial charge in [-0.1, -0.05) is 25.3 Å². The Morgan fingerprint density at radius 2 is 2.03 bits per heavy atom. The van der Waals surface area contributed by atoms with E-state index >= 15 is 0 Å². The number of carbonyl (C=O) groups is 3. The average Bonchev–Trinajstić information content (AvgIpc) is 3.31. The van der Waals surface area contributed by atoms with Crippen molar-refractivity contribution in [3.8, 4) is 5.69 Å². The monoisotopic (exact) mass is 397 g/mol. The zero-order valence-electron chi connectivity index (χ0n) is 16.2. The first-order valence-corrected chi connectivity index (χ1v) is 9.76. The molecule has 1 spiro atoms. The van der Waals surface area contributed by atoms with Gasteiger partial charge in [0.2, 0.25) is 5.91 Å². The Kier molecular flexibility index (Phi) is 4.99. The highest BCUT2D eigenvalue weighted by molar-refractivity contribution is 6.07. The number of amides is 4. The maximum atomic E-state index is 12.8. The fourth-order valence-corrected chi connectivity index (χ4v) is 3.97. The third-order valence-electron chi connectivity index (χ3n) is 5.62. The number of aromatic nitrogens is 4. The first kappa shape index (κ1) is 19.0. The molecule has 152 valence electrons. The fourth-order valence-electron chi connectivity index (χ4n) is 3.97. The molecular weight excluding hydrogens is 374 g/mol. The van der Waals surface area contributed by atoms with Gasteiger partial charge in [-0.15, -0.1) is 5.10 Å². The van der Waals surface area contributed by atoms with E-state index < -0.39 is 11.6 Å². The summed E-state index contributed by atoms with van der Waals surface area (Å²) in [5, 5.41) is 16.8. The van der Waals surface area contributed by atoms with Crippen LogP contribution in [0.4, 0.5) is 10.5 Å². The first-order chi connectivity index (χ1) is 14.0. The van der Waals surface area contributed by atoms with Crippen LogP contribution in [0, 0.1) is 6.92 Å². The lowest BCUT2D eigenvalue weighted by Crippen LogP contribution is -2.48. The van der Waals surface area contributed by atoms with Crippen LogP contribution in [0.25, 0.3) is 5.69 Å². The second-order valence-electron chi connectivity index (χ2n) is 7.58. The molecule has 2 aliphatic rings. The number of carbonyl (C=O) groups excluding carboxylic acids is 3. The molecule has 29 heavy (non-hydrogen) atoms. The number of nitrogens with one attached hydrogen (secondary N) is 2. The molecule has 1 aromatic heterocycles. The molecule has 10 nitrogen and oxygen atoms in total. The zero-order valence-corrected chi connectivity index (χ0v) is 16.2. The van der Waals surface area contributed by atoms with Gasteiger partial charge in [0.25, 0.3) is 5.91 Å². The van der Waals surface area contributed by atoms with Gasteiger partial charge in [-0.25, -0.2) is 9.48 Å². The second-order valence-corrected chi connectivity index (χ2v) is 7.58. The number of hydrogen-bond donors (Lipinski definition) is 2. The fraction of sp³-hybridized carbons (Fsp3) is 0.474. The molecule has 1 saturated heterocycles. The smallest absolute Gasteiger partial charge is 0.325 e. The number of imide groups is 1. The Morgan fingerprint density at radius 3 is 2.76 bits per heavy atom. The van der Waals surface area contributed by atoms with Crippen molar-refractivity contribution in [2.75, 3.05) is 11.9 Å². The molecule has 1 aliphatic heterocycles. The Balaban J connectivity index is 1.39. The quantitative estimate of drug-likeness (QED) is 0.738. The van der Waals surface area contributed by atoms with Crippen LogP contribution >= 0.6 is 0 Å². The van der Waals surface area contributed by atoms with Crippen LogP contribution in [0.3, 0.4) is 0 Å². The summed E-state index contributed by atoms with van der Waals surface area (Å²) in [6, 6.07) is 5.07. The lowest BCUT2D eigenvalue weighted by molar-refractivity contribution is -0.132. The van der Waals surface area contributed by atoms with Gasteiger partial charge < -0.3 is 10.6 Å². The van der Waals surface area contributed by atoms with Crippen molar-refractivity contribution in [2.24, 2.45) is 0 Å². The van der Waals surface area contributed by atoms with Gasteiger partial charge in [0.05, 0.1) is 5.69 Å². The van der Waals surface area contributed by atoms with E-state index in [1.807, 2.05) is 19.1 Å². The number of tetrazole rings is 1. The molecule has 0 bridgehead atoms. The summed E-state index contributed by atoms with van der Waals surface area (Å²) in [4.78, 5) is 38.7. The van der Waals surface area contributed by atoms with E-state index in [4.69, 9.17) is 0 Å². The molecule has 4 rings (SSSR count). The van der Waals surface area contributed by atoms with Gasteiger partial charge in [-0.2, -0.15) is 0 Å². The molecular formula is C19H23N7O3. The largest absolute Gasteiger partial charge is 0.326 e. The molecule has 2 N–H and O–H groups in total. The van der Waals surface area contributed by atoms with Crippen LogP contribution in [0.5, 0.6) is 0 Å². The Bertz CT molecular complexity index is 935. The van der Waals surface area contributed by atoms with Crippen molar-refractivity contribution in [1.82, 2.24) is 30.4 Å². The summed E-state index contributed by atoms with van der Waals surface area (Å²) in [5.41, 5.74) is 1.46. The van der Waals surface area contributed by atoms with Gasteiger partial charge >= 0.3 is 6.03 Å². The highest BCUT2D eigenvalue weighted by atomic mass is 16.2. The zero-order chi connectivity index (χ0) is 20.4. The van der Waals surface area contributed by atoms with Crippen LogP contribution in [-0.4, -0.2) is 55.0 Å². The minimum Gasteiger partial charge on any atom is -0.326 e. The van der Waals surface area contributed by atoms with Crippen LogP contribution < -0.4 is 10.6 Å². The van der Waals surface area contributed by atoms with Crippen LogP contribution in [0.15, 0.2) is 24.5 Å². The standard InChI is InChI=1S/C19H23N7O3/c1-13-5-6-14(26-12-20-23-24-26)11-15(13)21-16(27)7-10-25-17(28)19(22-18(25)29)8-3-2-4-9-19/h5-6,11-12H,2-4,7-10H2,1H3,(H,21,27)(H,22,29). The van der Waals surface area contributed by atoms with Crippen molar-refractivity contribution in [3.63, 3.8) is 0 Å². The number of benzene rings is 1. The SMILES string of the molecule is Cc1ccc(-n2cnnn2)cc1NC(=O)CCN1C(=O)NC2(CCCCC2)C1=O. The van der Waals surface area contributed by atoms with E-state index in [1.54, 1.807) is 6.07 Å². The van der Waals surface area contributed by atoms with Gasteiger partial charge in [0, 0.05) is 18.7 Å². The Labute approximate surface area is 167 Å². The van der Waals surface area contributed by atoms with E-state index in [0.717, 1.165) is 24.8 Å². The summed E-state index contributed by atoms with van der Waals surface area (Å²) in [6.45, 7) is 1.94. The minimum absolute atomic E-state index is 0.0315. The predicted molar refractivity (Wildman–Crippen MR) is 103 cm³/mol. The van der Waals surface area contributed by atoms with Crippen molar-refractivity contribution in [2.45, 2.75) is 51.0 Å². The summed E-state index contributed by atoms with van der Waals surface area (Å²) < 4.78 is 1.49. The van der Waals surface area contributed by atoms with Gasteiger partial charge in [0.15, 0.2) is 0 Å². The molecule has 2 fully saturated rings. The normalized spacial score (nSPS) is 18.2. The molecule has 1 aliphatic carbocycles. The van der Waals surface area contributed by atoms with Gasteiger partial charge in [0.1, 0.15) is 11.9 Å². The van der Waals surface area contributed by atoms with Gasteiger partial charge in [-0.3, -0.25) is 14.5 Å². The molecule has 0 radical (unpaired) electrons. The lowest BCUT2D eigenvalue weighted by atomic mass is 9.82. The molecule has 1 saturated carbocycles. The first-order valence-electron chi connectivity index (χ1n) is 9.76. The van der Waals surface area contributed by atoms with E-state index in [0.29, 0.717) is 24.2 Å². The molecule has 10 heteroatoms. The van der Waals surface area contributed by atoms with Crippen LogP contribution in [0.1, 0.15) is 44.1 Å². The van der Waals surface area contributed by atoms with Crippen LogP contribution in [-0.2, 0) is 9.59 Å². The predicted octanol–water partition coefficient (Wildman–Crippen LogP) is 1.55. The maximum absolute atomic E-state index is 12.8. The number of hydrogen-bond acceptors (Lipinski definition) is 6. The topological polar surface area (TPSA) is 122 Å². The minimum atomic E-state index is -0.761. The number of rotatable bonds is 5. The molecule has 0 unspecified atom stereocenters. The summed E-state index contributed by atoms with van der Waals surface area (Å²) in [5.74, 6) is -0.473. The third kappa shape index (κ3) is 3.69. The molecule has 2 aromatic rings. The summed E-state index contributed by atoms with van der Waals surface area (Å²) in [6.07, 6.45) is 5.77. The third-order valence-corrected chi connectivity index (χ3v) is 5.62. The highest BCUT2D eigenvalue weighted by Gasteiger charge is 2.51. The van der Waals surface area contributed by atoms with Crippen molar-refractivity contribution in [3.05, 3.63) is 30.1 Å². The summed E-state index contributed by atoms with van der Waals surface area (Å²) >= 11 is 0. The van der Waals surface area contributed by atoms with Crippen molar-refractivity contribution in [1.29, 1.82) is 0 Å². The second kappa shape index (κ2) is 7.61. The van der Waals surface area contributed by atoms with Crippen molar-refractivity contribution >= 4 is 23.5 Å². The number of anilines is 1. The average molecular weight is 397 g/mol. The Hall–Kier alpha value is -3.30. The summed E-state index contributed by atoms with van der Waals surface area (Å²) in [7, 11) is 0. The van der Waals surface area contributed by atoms with E-state index in [2.05, 4.69) is 26.2 Å². The van der Waals surface area contributed by atoms with E-state index in [1.165, 1.54) is 15.9 Å². The lowest BCUT2D eigenvalue weighted by Gasteiger charge is -2.30. The highest BCUT2D eigenvalue weighted by Crippen LogP contribution is 2.33. The van der Waals surface area contributed by atoms with E-state index in [-0.39, 0.29) is 24.8 Å². The molecule has 0 atom stereocenters. The number of aryl methyl sites for hydroxylation is 1. The van der Waals surface area contributed by atoms with Crippen LogP contribution in [0.2, 0.25) is 0 Å². The maximum Gasteiger partial charge on any atom is 0.325 e. The molecule has 4 amide bonds. The van der Waals surface area contributed by atoms with E-state index in [9.17, 15) is 14.4 Å². The van der Waals surface area contributed by atoms with Crippen molar-refractivity contribution < 1.29 is 14.4 Å². The van der Waals surface area contributed by atoms with Gasteiger partial charge in [-0.05, 0) is 47.9 Å².